The van der Waals surface area contributed by atoms with Crippen LogP contribution in [0.1, 0.15) is 18.1 Å². The number of fused-ring (bicyclic) bond motifs is 1. The maximum atomic E-state index is 11.2. The molecule has 1 aromatic rings. The summed E-state index contributed by atoms with van der Waals surface area (Å²) in [6.07, 6.45) is 1.88. The molecule has 0 aromatic heterocycles. The van der Waals surface area contributed by atoms with Crippen LogP contribution in [-0.4, -0.2) is 13.0 Å². The molecule has 16 heavy (non-hydrogen) atoms. The number of rotatable bonds is 3. The van der Waals surface area contributed by atoms with Crippen LogP contribution in [0.3, 0.4) is 0 Å². The van der Waals surface area contributed by atoms with Crippen LogP contribution in [0.25, 0.3) is 0 Å². The summed E-state index contributed by atoms with van der Waals surface area (Å²) in [5.41, 5.74) is 7.95. The Morgan fingerprint density at radius 3 is 2.75 bits per heavy atom. The highest BCUT2D eigenvalue weighted by Crippen LogP contribution is 2.33. The Labute approximate surface area is 95.6 Å². The second-order valence-corrected chi connectivity index (χ2v) is 4.49. The third-order valence-electron chi connectivity index (χ3n) is 3.53. The fourth-order valence-corrected chi connectivity index (χ4v) is 2.34. The van der Waals surface area contributed by atoms with Crippen LogP contribution in [0, 0.1) is 11.8 Å². The molecule has 3 heteroatoms. The predicted molar refractivity (Wildman–Crippen MR) is 62.3 cm³/mol. The molecule has 0 radical (unpaired) electrons. The lowest BCUT2D eigenvalue weighted by Gasteiger charge is -2.14. The SMILES string of the molecule is COc1ccc2c(c1)CC(C(C)C(N)=O)C2. The molecule has 2 rings (SSSR count). The molecular formula is C13H17NO2. The number of primary amides is 1. The van der Waals surface area contributed by atoms with Crippen LogP contribution in [0.2, 0.25) is 0 Å². The van der Waals surface area contributed by atoms with Gasteiger partial charge in [0.2, 0.25) is 5.91 Å². The molecule has 86 valence electrons. The molecular weight excluding hydrogens is 202 g/mol. The van der Waals surface area contributed by atoms with Gasteiger partial charge in [0.1, 0.15) is 5.75 Å². The zero-order chi connectivity index (χ0) is 11.7. The number of benzene rings is 1. The fraction of sp³-hybridized carbons (Fsp3) is 0.462. The van der Waals surface area contributed by atoms with Crippen molar-refractivity contribution in [3.8, 4) is 5.75 Å². The first kappa shape index (κ1) is 11.0. The van der Waals surface area contributed by atoms with E-state index in [1.54, 1.807) is 7.11 Å². The molecule has 1 amide bonds. The van der Waals surface area contributed by atoms with Crippen molar-refractivity contribution in [3.63, 3.8) is 0 Å². The van der Waals surface area contributed by atoms with Crippen molar-refractivity contribution in [1.82, 2.24) is 0 Å². The van der Waals surface area contributed by atoms with Crippen molar-refractivity contribution < 1.29 is 9.53 Å². The second kappa shape index (κ2) is 4.16. The molecule has 0 heterocycles. The first-order valence-corrected chi connectivity index (χ1v) is 5.57. The molecule has 2 atom stereocenters. The van der Waals surface area contributed by atoms with Crippen LogP contribution in [-0.2, 0) is 17.6 Å². The molecule has 0 spiro atoms. The van der Waals surface area contributed by atoms with Gasteiger partial charge in [0.25, 0.3) is 0 Å². The first-order chi connectivity index (χ1) is 7.61. The Balaban J connectivity index is 2.17. The third-order valence-corrected chi connectivity index (χ3v) is 3.53. The van der Waals surface area contributed by atoms with E-state index in [-0.39, 0.29) is 11.8 Å². The van der Waals surface area contributed by atoms with E-state index in [1.807, 2.05) is 13.0 Å². The monoisotopic (exact) mass is 219 g/mol. The average Bonchev–Trinajstić information content (AvgIpc) is 2.69. The summed E-state index contributed by atoms with van der Waals surface area (Å²) >= 11 is 0. The summed E-state index contributed by atoms with van der Waals surface area (Å²) in [7, 11) is 1.67. The normalized spacial score (nSPS) is 20.2. The number of hydrogen-bond donors (Lipinski definition) is 1. The summed E-state index contributed by atoms with van der Waals surface area (Å²) in [5, 5.41) is 0. The van der Waals surface area contributed by atoms with Gasteiger partial charge in [0.15, 0.2) is 0 Å². The third kappa shape index (κ3) is 1.90. The summed E-state index contributed by atoms with van der Waals surface area (Å²) in [6.45, 7) is 1.91. The van der Waals surface area contributed by atoms with Crippen LogP contribution < -0.4 is 10.5 Å². The van der Waals surface area contributed by atoms with E-state index >= 15 is 0 Å². The molecule has 0 aliphatic heterocycles. The van der Waals surface area contributed by atoms with Gasteiger partial charge >= 0.3 is 0 Å². The zero-order valence-electron chi connectivity index (χ0n) is 9.69. The van der Waals surface area contributed by atoms with Crippen molar-refractivity contribution in [2.24, 2.45) is 17.6 Å². The summed E-state index contributed by atoms with van der Waals surface area (Å²) < 4.78 is 5.19. The molecule has 2 N–H and O–H groups in total. The lowest BCUT2D eigenvalue weighted by molar-refractivity contribution is -0.122. The van der Waals surface area contributed by atoms with Gasteiger partial charge < -0.3 is 10.5 Å². The minimum atomic E-state index is -0.204. The van der Waals surface area contributed by atoms with Gasteiger partial charge in [0.05, 0.1) is 7.11 Å². The highest BCUT2D eigenvalue weighted by molar-refractivity contribution is 5.76. The summed E-state index contributed by atoms with van der Waals surface area (Å²) in [5.74, 6) is 0.967. The van der Waals surface area contributed by atoms with Crippen LogP contribution >= 0.6 is 0 Å². The van der Waals surface area contributed by atoms with Crippen molar-refractivity contribution in [1.29, 1.82) is 0 Å². The minimum absolute atomic E-state index is 0.0570. The Morgan fingerprint density at radius 2 is 2.12 bits per heavy atom. The fourth-order valence-electron chi connectivity index (χ4n) is 2.34. The Kier molecular flexibility index (Phi) is 2.86. The van der Waals surface area contributed by atoms with Gasteiger partial charge in [-0.15, -0.1) is 0 Å². The molecule has 1 aliphatic rings. The highest BCUT2D eigenvalue weighted by atomic mass is 16.5. The Hall–Kier alpha value is -1.51. The molecule has 0 bridgehead atoms. The van der Waals surface area contributed by atoms with E-state index < -0.39 is 0 Å². The quantitative estimate of drug-likeness (QED) is 0.838. The van der Waals surface area contributed by atoms with Crippen molar-refractivity contribution in [3.05, 3.63) is 29.3 Å². The zero-order valence-corrected chi connectivity index (χ0v) is 9.69. The van der Waals surface area contributed by atoms with E-state index in [4.69, 9.17) is 10.5 Å². The van der Waals surface area contributed by atoms with Crippen LogP contribution in [0.15, 0.2) is 18.2 Å². The second-order valence-electron chi connectivity index (χ2n) is 4.49. The molecule has 0 saturated carbocycles. The first-order valence-electron chi connectivity index (χ1n) is 5.57. The Morgan fingerprint density at radius 1 is 1.44 bits per heavy atom. The molecule has 1 aliphatic carbocycles. The van der Waals surface area contributed by atoms with E-state index in [2.05, 4.69) is 12.1 Å². The highest BCUT2D eigenvalue weighted by Gasteiger charge is 2.29. The maximum absolute atomic E-state index is 11.2. The van der Waals surface area contributed by atoms with Gasteiger partial charge in [0, 0.05) is 5.92 Å². The molecule has 0 fully saturated rings. The topological polar surface area (TPSA) is 52.3 Å². The van der Waals surface area contributed by atoms with Crippen LogP contribution in [0.5, 0.6) is 5.75 Å². The van der Waals surface area contributed by atoms with E-state index in [0.29, 0.717) is 5.92 Å². The van der Waals surface area contributed by atoms with E-state index in [9.17, 15) is 4.79 Å². The summed E-state index contributed by atoms with van der Waals surface area (Å²) in [4.78, 5) is 11.2. The number of carbonyl (C=O) groups excluding carboxylic acids is 1. The van der Waals surface area contributed by atoms with Gasteiger partial charge in [-0.05, 0) is 42.0 Å². The molecule has 3 nitrogen and oxygen atoms in total. The lowest BCUT2D eigenvalue weighted by atomic mass is 9.91. The standard InChI is InChI=1S/C13H17NO2/c1-8(13(14)15)10-5-9-3-4-12(16-2)7-11(9)6-10/h3-4,7-8,10H,5-6H2,1-2H3,(H2,14,15). The van der Waals surface area contributed by atoms with E-state index in [1.165, 1.54) is 11.1 Å². The number of carbonyl (C=O) groups is 1. The number of hydrogen-bond acceptors (Lipinski definition) is 2. The lowest BCUT2D eigenvalue weighted by Crippen LogP contribution is -2.27. The summed E-state index contributed by atoms with van der Waals surface area (Å²) in [6, 6.07) is 6.11. The van der Waals surface area contributed by atoms with Gasteiger partial charge in [-0.3, -0.25) is 4.79 Å². The smallest absolute Gasteiger partial charge is 0.220 e. The largest absolute Gasteiger partial charge is 0.497 e. The average molecular weight is 219 g/mol. The molecule has 2 unspecified atom stereocenters. The van der Waals surface area contributed by atoms with Gasteiger partial charge in [-0.1, -0.05) is 13.0 Å². The van der Waals surface area contributed by atoms with Crippen molar-refractivity contribution >= 4 is 5.91 Å². The minimum Gasteiger partial charge on any atom is -0.497 e. The van der Waals surface area contributed by atoms with Crippen molar-refractivity contribution in [2.45, 2.75) is 19.8 Å². The molecule has 1 aromatic carbocycles. The number of methoxy groups -OCH3 is 1. The maximum Gasteiger partial charge on any atom is 0.220 e. The number of amides is 1. The Bertz CT molecular complexity index is 414. The van der Waals surface area contributed by atoms with Crippen LogP contribution in [0.4, 0.5) is 0 Å². The van der Waals surface area contributed by atoms with Crippen molar-refractivity contribution in [2.75, 3.05) is 7.11 Å². The van der Waals surface area contributed by atoms with Gasteiger partial charge in [-0.2, -0.15) is 0 Å². The van der Waals surface area contributed by atoms with Gasteiger partial charge in [-0.25, -0.2) is 0 Å². The number of ether oxygens (including phenoxy) is 1. The number of nitrogens with two attached hydrogens (primary N) is 1. The molecule has 0 saturated heterocycles. The predicted octanol–water partition coefficient (Wildman–Crippen LogP) is 1.53. The van der Waals surface area contributed by atoms with E-state index in [0.717, 1.165) is 18.6 Å².